The highest BCUT2D eigenvalue weighted by Crippen LogP contribution is 2.15. The summed E-state index contributed by atoms with van der Waals surface area (Å²) in [4.78, 5) is 22.5. The zero-order valence-corrected chi connectivity index (χ0v) is 14.3. The van der Waals surface area contributed by atoms with Gasteiger partial charge in [0.05, 0.1) is 0 Å². The third kappa shape index (κ3) is 4.87. The van der Waals surface area contributed by atoms with Crippen molar-refractivity contribution in [3.63, 3.8) is 0 Å². The van der Waals surface area contributed by atoms with Crippen molar-refractivity contribution < 1.29 is 4.79 Å². The molecule has 0 aliphatic carbocycles. The minimum atomic E-state index is 0.192. The van der Waals surface area contributed by atoms with Crippen molar-refractivity contribution in [2.75, 3.05) is 59.4 Å². The van der Waals surface area contributed by atoms with Gasteiger partial charge in [-0.1, -0.05) is 6.92 Å². The number of piperazine rings is 1. The van der Waals surface area contributed by atoms with Crippen molar-refractivity contribution in [2.45, 2.75) is 26.7 Å². The Morgan fingerprint density at radius 1 is 1.18 bits per heavy atom. The second-order valence-electron chi connectivity index (χ2n) is 6.52. The second kappa shape index (κ2) is 8.36. The molecule has 22 heavy (non-hydrogen) atoms. The highest BCUT2D eigenvalue weighted by atomic mass is 16.2. The van der Waals surface area contributed by atoms with E-state index in [1.165, 1.54) is 12.8 Å². The molecule has 0 bridgehead atoms. The van der Waals surface area contributed by atoms with Crippen LogP contribution in [0.3, 0.4) is 0 Å². The van der Waals surface area contributed by atoms with Gasteiger partial charge in [0.15, 0.2) is 5.96 Å². The molecule has 126 valence electrons. The summed E-state index contributed by atoms with van der Waals surface area (Å²) in [5.74, 6) is 1.98. The number of hydrogen-bond acceptors (Lipinski definition) is 3. The molecule has 2 saturated heterocycles. The molecule has 2 aliphatic rings. The van der Waals surface area contributed by atoms with Crippen molar-refractivity contribution in [3.05, 3.63) is 0 Å². The SMILES string of the molecule is CN=C(NCCN1CCN(C(C)=O)CC1)N1CCCC(C)C1. The molecular formula is C16H31N5O. The smallest absolute Gasteiger partial charge is 0.219 e. The first-order valence-corrected chi connectivity index (χ1v) is 8.53. The van der Waals surface area contributed by atoms with Crippen LogP contribution in [0.15, 0.2) is 4.99 Å². The Labute approximate surface area is 134 Å². The van der Waals surface area contributed by atoms with Gasteiger partial charge in [-0.2, -0.15) is 0 Å². The Kier molecular flexibility index (Phi) is 6.49. The lowest BCUT2D eigenvalue weighted by atomic mass is 10.0. The molecule has 1 unspecified atom stereocenters. The standard InChI is InChI=1S/C16H31N5O/c1-14-5-4-7-21(13-14)16(17-3)18-6-8-19-9-11-20(12-10-19)15(2)22/h14H,4-13H2,1-3H3,(H,17,18). The number of hydrogen-bond donors (Lipinski definition) is 1. The van der Waals surface area contributed by atoms with Gasteiger partial charge >= 0.3 is 0 Å². The number of rotatable bonds is 3. The molecule has 1 N–H and O–H groups in total. The maximum atomic E-state index is 11.3. The molecule has 0 aromatic rings. The average Bonchev–Trinajstić information content (AvgIpc) is 2.52. The van der Waals surface area contributed by atoms with E-state index in [1.807, 2.05) is 11.9 Å². The molecule has 0 spiro atoms. The van der Waals surface area contributed by atoms with E-state index in [1.54, 1.807) is 6.92 Å². The number of piperidine rings is 1. The predicted octanol–water partition coefficient (Wildman–Crippen LogP) is 0.458. The van der Waals surface area contributed by atoms with E-state index < -0.39 is 0 Å². The van der Waals surface area contributed by atoms with Crippen molar-refractivity contribution in [1.29, 1.82) is 0 Å². The number of likely N-dealkylation sites (tertiary alicyclic amines) is 1. The lowest BCUT2D eigenvalue weighted by molar-refractivity contribution is -0.130. The topological polar surface area (TPSA) is 51.2 Å². The summed E-state index contributed by atoms with van der Waals surface area (Å²) in [5.41, 5.74) is 0. The van der Waals surface area contributed by atoms with E-state index in [9.17, 15) is 4.79 Å². The molecule has 6 heteroatoms. The number of nitrogens with zero attached hydrogens (tertiary/aromatic N) is 4. The van der Waals surface area contributed by atoms with Crippen LogP contribution in [0.1, 0.15) is 26.7 Å². The minimum Gasteiger partial charge on any atom is -0.355 e. The van der Waals surface area contributed by atoms with Crippen LogP contribution in [-0.2, 0) is 4.79 Å². The zero-order valence-electron chi connectivity index (χ0n) is 14.3. The maximum absolute atomic E-state index is 11.3. The maximum Gasteiger partial charge on any atom is 0.219 e. The average molecular weight is 309 g/mol. The molecule has 2 aliphatic heterocycles. The highest BCUT2D eigenvalue weighted by molar-refractivity contribution is 5.80. The highest BCUT2D eigenvalue weighted by Gasteiger charge is 2.20. The van der Waals surface area contributed by atoms with Crippen molar-refractivity contribution in [3.8, 4) is 0 Å². The molecule has 1 amide bonds. The first kappa shape index (κ1) is 17.1. The summed E-state index contributed by atoms with van der Waals surface area (Å²) in [7, 11) is 1.87. The summed E-state index contributed by atoms with van der Waals surface area (Å²) in [5, 5.41) is 3.49. The Bertz CT molecular complexity index is 390. The Morgan fingerprint density at radius 3 is 2.50 bits per heavy atom. The van der Waals surface area contributed by atoms with E-state index in [2.05, 4.69) is 27.0 Å². The van der Waals surface area contributed by atoms with Gasteiger partial charge in [0.2, 0.25) is 5.91 Å². The van der Waals surface area contributed by atoms with Crippen LogP contribution >= 0.6 is 0 Å². The van der Waals surface area contributed by atoms with Crippen LogP contribution in [0, 0.1) is 5.92 Å². The lowest BCUT2D eigenvalue weighted by Crippen LogP contribution is -2.51. The molecule has 0 aromatic heterocycles. The number of aliphatic imine (C=N–C) groups is 1. The molecule has 0 radical (unpaired) electrons. The Hall–Kier alpha value is -1.30. The normalized spacial score (nSPS) is 24.5. The molecule has 2 fully saturated rings. The van der Waals surface area contributed by atoms with E-state index in [0.717, 1.165) is 64.2 Å². The van der Waals surface area contributed by atoms with Gasteiger partial charge < -0.3 is 15.1 Å². The van der Waals surface area contributed by atoms with Gasteiger partial charge in [-0.25, -0.2) is 0 Å². The van der Waals surface area contributed by atoms with Gasteiger partial charge in [-0.15, -0.1) is 0 Å². The largest absolute Gasteiger partial charge is 0.355 e. The van der Waals surface area contributed by atoms with Crippen LogP contribution in [-0.4, -0.2) is 86.0 Å². The van der Waals surface area contributed by atoms with Gasteiger partial charge in [0.1, 0.15) is 0 Å². The van der Waals surface area contributed by atoms with Gasteiger partial charge in [0, 0.05) is 66.3 Å². The number of guanidine groups is 1. The molecular weight excluding hydrogens is 278 g/mol. The van der Waals surface area contributed by atoms with E-state index in [4.69, 9.17) is 0 Å². The predicted molar refractivity (Wildman–Crippen MR) is 90.0 cm³/mol. The summed E-state index contributed by atoms with van der Waals surface area (Å²) in [6.45, 7) is 11.8. The summed E-state index contributed by atoms with van der Waals surface area (Å²) < 4.78 is 0. The van der Waals surface area contributed by atoms with Crippen LogP contribution < -0.4 is 5.32 Å². The molecule has 1 atom stereocenters. The third-order valence-corrected chi connectivity index (χ3v) is 4.70. The van der Waals surface area contributed by atoms with Crippen LogP contribution in [0.4, 0.5) is 0 Å². The number of amides is 1. The quantitative estimate of drug-likeness (QED) is 0.608. The Balaban J connectivity index is 1.68. The monoisotopic (exact) mass is 309 g/mol. The van der Waals surface area contributed by atoms with Crippen LogP contribution in [0.25, 0.3) is 0 Å². The van der Waals surface area contributed by atoms with Crippen LogP contribution in [0.5, 0.6) is 0 Å². The lowest BCUT2D eigenvalue weighted by Gasteiger charge is -2.35. The fraction of sp³-hybridized carbons (Fsp3) is 0.875. The summed E-state index contributed by atoms with van der Waals surface area (Å²) in [6, 6.07) is 0. The number of nitrogens with one attached hydrogen (secondary N) is 1. The first-order chi connectivity index (χ1) is 10.6. The van der Waals surface area contributed by atoms with Crippen molar-refractivity contribution in [1.82, 2.24) is 20.0 Å². The van der Waals surface area contributed by atoms with Crippen molar-refractivity contribution >= 4 is 11.9 Å². The zero-order chi connectivity index (χ0) is 15.9. The first-order valence-electron chi connectivity index (χ1n) is 8.53. The molecule has 0 saturated carbocycles. The number of carbonyl (C=O) groups excluding carboxylic acids is 1. The van der Waals surface area contributed by atoms with Gasteiger partial charge in [-0.05, 0) is 18.8 Å². The van der Waals surface area contributed by atoms with E-state index in [-0.39, 0.29) is 5.91 Å². The fourth-order valence-corrected chi connectivity index (χ4v) is 3.33. The molecule has 6 nitrogen and oxygen atoms in total. The molecule has 2 heterocycles. The van der Waals surface area contributed by atoms with E-state index in [0.29, 0.717) is 0 Å². The third-order valence-electron chi connectivity index (χ3n) is 4.70. The second-order valence-corrected chi connectivity index (χ2v) is 6.52. The summed E-state index contributed by atoms with van der Waals surface area (Å²) >= 11 is 0. The van der Waals surface area contributed by atoms with Crippen molar-refractivity contribution in [2.24, 2.45) is 10.9 Å². The fourth-order valence-electron chi connectivity index (χ4n) is 3.33. The summed E-state index contributed by atoms with van der Waals surface area (Å²) in [6.07, 6.45) is 2.59. The molecule has 2 rings (SSSR count). The van der Waals surface area contributed by atoms with Crippen LogP contribution in [0.2, 0.25) is 0 Å². The van der Waals surface area contributed by atoms with Gasteiger partial charge in [0.25, 0.3) is 0 Å². The minimum absolute atomic E-state index is 0.192. The molecule has 0 aromatic carbocycles. The Morgan fingerprint density at radius 2 is 1.91 bits per heavy atom. The number of carbonyl (C=O) groups is 1. The van der Waals surface area contributed by atoms with Gasteiger partial charge in [-0.3, -0.25) is 14.7 Å². The van der Waals surface area contributed by atoms with E-state index >= 15 is 0 Å².